The maximum absolute atomic E-state index is 13.1. The van der Waals surface area contributed by atoms with Crippen LogP contribution in [0.2, 0.25) is 0 Å². The average Bonchev–Trinajstić information content (AvgIpc) is 2.46. The predicted octanol–water partition coefficient (Wildman–Crippen LogP) is 3.60. The molecule has 0 bridgehead atoms. The lowest BCUT2D eigenvalue weighted by Gasteiger charge is -2.18. The van der Waals surface area contributed by atoms with Crippen molar-refractivity contribution in [2.45, 2.75) is 26.4 Å². The van der Waals surface area contributed by atoms with Crippen LogP contribution >= 0.6 is 0 Å². The Morgan fingerprint density at radius 3 is 2.86 bits per heavy atom. The molecule has 3 nitrogen and oxygen atoms in total. The number of ether oxygens (including phenoxy) is 1. The quantitative estimate of drug-likeness (QED) is 0.935. The van der Waals surface area contributed by atoms with Crippen molar-refractivity contribution >= 4 is 11.6 Å². The summed E-state index contributed by atoms with van der Waals surface area (Å²) in [4.78, 5) is 11.4. The van der Waals surface area contributed by atoms with Crippen LogP contribution in [0.3, 0.4) is 0 Å². The summed E-state index contributed by atoms with van der Waals surface area (Å²) in [5.74, 6) is 0.487. The molecule has 0 saturated heterocycles. The summed E-state index contributed by atoms with van der Waals surface area (Å²) >= 11 is 0. The molecule has 2 aromatic carbocycles. The van der Waals surface area contributed by atoms with Crippen LogP contribution in [0.1, 0.15) is 23.1 Å². The van der Waals surface area contributed by atoms with Crippen molar-refractivity contribution in [2.75, 3.05) is 5.32 Å². The van der Waals surface area contributed by atoms with E-state index in [1.54, 1.807) is 6.07 Å². The van der Waals surface area contributed by atoms with Crippen LogP contribution in [-0.4, -0.2) is 5.91 Å². The van der Waals surface area contributed by atoms with E-state index in [0.717, 1.165) is 28.8 Å². The Kier molecular flexibility index (Phi) is 3.60. The van der Waals surface area contributed by atoms with Gasteiger partial charge in [0.25, 0.3) is 0 Å². The van der Waals surface area contributed by atoms with E-state index < -0.39 is 0 Å². The normalized spacial score (nSPS) is 13.5. The summed E-state index contributed by atoms with van der Waals surface area (Å²) in [6.07, 6.45) is 1.29. The summed E-state index contributed by atoms with van der Waals surface area (Å²) in [6.45, 7) is 2.23. The first-order valence-corrected chi connectivity index (χ1v) is 6.92. The number of benzene rings is 2. The number of carbonyl (C=O) groups is 1. The van der Waals surface area contributed by atoms with Crippen LogP contribution in [0, 0.1) is 12.7 Å². The molecule has 0 atom stereocenters. The fourth-order valence-corrected chi connectivity index (χ4v) is 2.42. The second-order valence-electron chi connectivity index (χ2n) is 5.23. The van der Waals surface area contributed by atoms with Gasteiger partial charge in [0.05, 0.1) is 0 Å². The average molecular weight is 285 g/mol. The molecule has 0 aliphatic carbocycles. The fourth-order valence-electron chi connectivity index (χ4n) is 2.42. The number of fused-ring (bicyclic) bond motifs is 1. The SMILES string of the molecule is Cc1cc(F)ccc1COc1ccc2c(c1)NC(=O)CC2. The van der Waals surface area contributed by atoms with Gasteiger partial charge < -0.3 is 10.1 Å². The molecule has 3 rings (SSSR count). The third-order valence-electron chi connectivity index (χ3n) is 3.68. The first kappa shape index (κ1) is 13.6. The van der Waals surface area contributed by atoms with Crippen LogP contribution in [0.15, 0.2) is 36.4 Å². The van der Waals surface area contributed by atoms with Crippen LogP contribution in [0.4, 0.5) is 10.1 Å². The molecule has 0 saturated carbocycles. The van der Waals surface area contributed by atoms with Crippen LogP contribution < -0.4 is 10.1 Å². The van der Waals surface area contributed by atoms with Crippen LogP contribution in [0.25, 0.3) is 0 Å². The summed E-state index contributed by atoms with van der Waals surface area (Å²) in [6, 6.07) is 10.4. The topological polar surface area (TPSA) is 38.3 Å². The molecule has 0 fully saturated rings. The Labute approximate surface area is 122 Å². The Morgan fingerprint density at radius 1 is 1.19 bits per heavy atom. The highest BCUT2D eigenvalue weighted by atomic mass is 19.1. The molecule has 0 unspecified atom stereocenters. The number of rotatable bonds is 3. The van der Waals surface area contributed by atoms with Gasteiger partial charge in [-0.15, -0.1) is 0 Å². The van der Waals surface area contributed by atoms with E-state index in [0.29, 0.717) is 18.8 Å². The summed E-state index contributed by atoms with van der Waals surface area (Å²) in [5, 5.41) is 2.85. The van der Waals surface area contributed by atoms with Gasteiger partial charge >= 0.3 is 0 Å². The zero-order valence-corrected chi connectivity index (χ0v) is 11.8. The molecule has 108 valence electrons. The second kappa shape index (κ2) is 5.56. The number of hydrogen-bond acceptors (Lipinski definition) is 2. The lowest BCUT2D eigenvalue weighted by atomic mass is 10.0. The van der Waals surface area contributed by atoms with Crippen molar-refractivity contribution in [1.82, 2.24) is 0 Å². The lowest BCUT2D eigenvalue weighted by Crippen LogP contribution is -2.18. The van der Waals surface area contributed by atoms with Gasteiger partial charge in [0.2, 0.25) is 5.91 Å². The smallest absolute Gasteiger partial charge is 0.224 e. The first-order valence-electron chi connectivity index (χ1n) is 6.92. The maximum Gasteiger partial charge on any atom is 0.224 e. The Morgan fingerprint density at radius 2 is 2.05 bits per heavy atom. The highest BCUT2D eigenvalue weighted by Gasteiger charge is 2.15. The minimum Gasteiger partial charge on any atom is -0.489 e. The standard InChI is InChI=1S/C17H16FNO2/c1-11-8-14(18)5-2-13(11)10-21-15-6-3-12-4-7-17(20)19-16(12)9-15/h2-3,5-6,8-9H,4,7,10H2,1H3,(H,19,20). The zero-order chi connectivity index (χ0) is 14.8. The van der Waals surface area contributed by atoms with Gasteiger partial charge in [0, 0.05) is 18.2 Å². The van der Waals surface area contributed by atoms with E-state index >= 15 is 0 Å². The molecule has 4 heteroatoms. The monoisotopic (exact) mass is 285 g/mol. The highest BCUT2D eigenvalue weighted by molar-refractivity contribution is 5.94. The Hall–Kier alpha value is -2.36. The molecule has 21 heavy (non-hydrogen) atoms. The molecule has 0 radical (unpaired) electrons. The lowest BCUT2D eigenvalue weighted by molar-refractivity contribution is -0.116. The van der Waals surface area contributed by atoms with E-state index in [-0.39, 0.29) is 11.7 Å². The molecular formula is C17H16FNO2. The van der Waals surface area contributed by atoms with Crippen LogP contribution in [0.5, 0.6) is 5.75 Å². The van der Waals surface area contributed by atoms with Gasteiger partial charge in [-0.2, -0.15) is 0 Å². The van der Waals surface area contributed by atoms with E-state index in [1.807, 2.05) is 25.1 Å². The predicted molar refractivity (Wildman–Crippen MR) is 78.9 cm³/mol. The molecule has 1 aliphatic heterocycles. The summed E-state index contributed by atoms with van der Waals surface area (Å²) in [5.41, 5.74) is 3.75. The van der Waals surface area contributed by atoms with Gasteiger partial charge in [-0.25, -0.2) is 4.39 Å². The molecular weight excluding hydrogens is 269 g/mol. The van der Waals surface area contributed by atoms with Crippen LogP contribution in [-0.2, 0) is 17.8 Å². The molecule has 1 N–H and O–H groups in total. The third-order valence-corrected chi connectivity index (χ3v) is 3.68. The van der Waals surface area contributed by atoms with Crippen molar-refractivity contribution < 1.29 is 13.9 Å². The van der Waals surface area contributed by atoms with Gasteiger partial charge in [-0.05, 0) is 48.2 Å². The van der Waals surface area contributed by atoms with E-state index in [2.05, 4.69) is 5.32 Å². The van der Waals surface area contributed by atoms with E-state index in [4.69, 9.17) is 4.74 Å². The van der Waals surface area contributed by atoms with E-state index in [9.17, 15) is 9.18 Å². The van der Waals surface area contributed by atoms with Crippen molar-refractivity contribution in [2.24, 2.45) is 0 Å². The number of hydrogen-bond donors (Lipinski definition) is 1. The number of anilines is 1. The molecule has 0 aromatic heterocycles. The summed E-state index contributed by atoms with van der Waals surface area (Å²) < 4.78 is 18.8. The maximum atomic E-state index is 13.1. The van der Waals surface area contributed by atoms with Gasteiger partial charge in [-0.3, -0.25) is 4.79 Å². The second-order valence-corrected chi connectivity index (χ2v) is 5.23. The van der Waals surface area contributed by atoms with Gasteiger partial charge in [-0.1, -0.05) is 12.1 Å². The molecule has 2 aromatic rings. The fraction of sp³-hybridized carbons (Fsp3) is 0.235. The number of halogens is 1. The largest absolute Gasteiger partial charge is 0.489 e. The molecule has 0 spiro atoms. The number of amides is 1. The molecule has 1 amide bonds. The summed E-state index contributed by atoms with van der Waals surface area (Å²) in [7, 11) is 0. The van der Waals surface area contributed by atoms with E-state index in [1.165, 1.54) is 12.1 Å². The highest BCUT2D eigenvalue weighted by Crippen LogP contribution is 2.27. The van der Waals surface area contributed by atoms with Crippen molar-refractivity contribution in [3.05, 3.63) is 58.9 Å². The first-order chi connectivity index (χ1) is 10.1. The molecule has 1 aliphatic rings. The number of aryl methyl sites for hydroxylation is 2. The Balaban J connectivity index is 1.73. The minimum absolute atomic E-state index is 0.0361. The number of carbonyl (C=O) groups excluding carboxylic acids is 1. The van der Waals surface area contributed by atoms with Crippen molar-refractivity contribution in [3.8, 4) is 5.75 Å². The minimum atomic E-state index is -0.243. The van der Waals surface area contributed by atoms with Gasteiger partial charge in [0.1, 0.15) is 18.2 Å². The third kappa shape index (κ3) is 3.05. The van der Waals surface area contributed by atoms with Gasteiger partial charge in [0.15, 0.2) is 0 Å². The Bertz CT molecular complexity index is 697. The zero-order valence-electron chi connectivity index (χ0n) is 11.8. The molecule has 1 heterocycles. The number of nitrogens with one attached hydrogen (secondary N) is 1. The van der Waals surface area contributed by atoms with Crippen molar-refractivity contribution in [3.63, 3.8) is 0 Å². The van der Waals surface area contributed by atoms with Crippen molar-refractivity contribution in [1.29, 1.82) is 0 Å².